The minimum atomic E-state index is -3.79. The van der Waals surface area contributed by atoms with Gasteiger partial charge in [-0.05, 0) is 28.1 Å². The highest BCUT2D eigenvalue weighted by atomic mass is 79.9. The summed E-state index contributed by atoms with van der Waals surface area (Å²) in [7, 11) is 1.63. The van der Waals surface area contributed by atoms with E-state index in [1.165, 1.54) is 6.20 Å². The molecule has 0 saturated carbocycles. The van der Waals surface area contributed by atoms with Crippen LogP contribution in [0.3, 0.4) is 0 Å². The molecule has 3 rings (SSSR count). The van der Waals surface area contributed by atoms with Gasteiger partial charge in [0.25, 0.3) is 9.05 Å². The van der Waals surface area contributed by atoms with E-state index in [4.69, 9.17) is 10.7 Å². The zero-order valence-corrected chi connectivity index (χ0v) is 12.5. The second kappa shape index (κ2) is 4.36. The van der Waals surface area contributed by atoms with Crippen molar-refractivity contribution in [3.05, 3.63) is 41.3 Å². The highest BCUT2D eigenvalue weighted by Gasteiger charge is 2.19. The Hall–Kier alpha value is -1.31. The number of fused-ring (bicyclic) bond motifs is 1. The van der Waals surface area contributed by atoms with Gasteiger partial charge in [0, 0.05) is 39.1 Å². The number of aromatic nitrogens is 3. The van der Waals surface area contributed by atoms with E-state index < -0.39 is 9.05 Å². The smallest absolute Gasteiger partial charge is 0.263 e. The molecule has 0 aliphatic carbocycles. The second-order valence-electron chi connectivity index (χ2n) is 3.86. The molecule has 0 amide bonds. The largest absolute Gasteiger partial charge is 0.358 e. The van der Waals surface area contributed by atoms with Crippen LogP contribution in [0.5, 0.6) is 0 Å². The lowest BCUT2D eigenvalue weighted by Gasteiger charge is -2.06. The van der Waals surface area contributed by atoms with Gasteiger partial charge in [0.05, 0.1) is 5.52 Å². The number of hydrogen-bond acceptors (Lipinski definition) is 3. The van der Waals surface area contributed by atoms with Gasteiger partial charge in [-0.1, -0.05) is 6.07 Å². The van der Waals surface area contributed by atoms with Crippen molar-refractivity contribution in [2.75, 3.05) is 0 Å². The van der Waals surface area contributed by atoms with Gasteiger partial charge in [-0.25, -0.2) is 13.1 Å². The molecule has 0 bridgehead atoms. The summed E-state index contributed by atoms with van der Waals surface area (Å²) in [5.41, 5.74) is 1.38. The molecule has 98 valence electrons. The molecule has 1 N–H and O–H groups in total. The van der Waals surface area contributed by atoms with Crippen molar-refractivity contribution in [3.8, 4) is 5.69 Å². The molecule has 19 heavy (non-hydrogen) atoms. The van der Waals surface area contributed by atoms with Gasteiger partial charge in [-0.15, -0.1) is 0 Å². The maximum Gasteiger partial charge on any atom is 0.263 e. The zero-order chi connectivity index (χ0) is 13.6. The Balaban J connectivity index is 2.41. The Bertz CT molecular complexity index is 856. The number of aromatic amines is 1. The molecule has 2 heterocycles. The van der Waals surface area contributed by atoms with Gasteiger partial charge < -0.3 is 4.98 Å². The fourth-order valence-corrected chi connectivity index (χ4v) is 3.49. The van der Waals surface area contributed by atoms with Gasteiger partial charge >= 0.3 is 0 Å². The van der Waals surface area contributed by atoms with Crippen LogP contribution in [0.1, 0.15) is 0 Å². The van der Waals surface area contributed by atoms with Crippen LogP contribution in [0, 0.1) is 0 Å². The molecule has 0 radical (unpaired) electrons. The third-order valence-corrected chi connectivity index (χ3v) is 4.74. The number of hydrogen-bond donors (Lipinski definition) is 1. The van der Waals surface area contributed by atoms with Crippen molar-refractivity contribution in [1.29, 1.82) is 0 Å². The summed E-state index contributed by atoms with van der Waals surface area (Å²) < 4.78 is 25.4. The van der Waals surface area contributed by atoms with Gasteiger partial charge in [-0.3, -0.25) is 0 Å². The number of rotatable bonds is 2. The standard InChI is InChI=1S/C11H7BrClN3O2S/c12-8-3-2-7-9(19(13,17)18)6-14-10(7)11(8)16-5-1-4-15-16/h1-6,14H. The summed E-state index contributed by atoms with van der Waals surface area (Å²) in [5, 5.41) is 4.68. The van der Waals surface area contributed by atoms with E-state index in [9.17, 15) is 8.42 Å². The zero-order valence-electron chi connectivity index (χ0n) is 9.34. The van der Waals surface area contributed by atoms with E-state index in [1.807, 2.05) is 0 Å². The summed E-state index contributed by atoms with van der Waals surface area (Å²) in [5.74, 6) is 0. The topological polar surface area (TPSA) is 67.8 Å². The van der Waals surface area contributed by atoms with Gasteiger partial charge in [0.1, 0.15) is 10.6 Å². The Kier molecular flexibility index (Phi) is 2.92. The summed E-state index contributed by atoms with van der Waals surface area (Å²) >= 11 is 3.44. The monoisotopic (exact) mass is 359 g/mol. The molecule has 5 nitrogen and oxygen atoms in total. The number of nitrogens with one attached hydrogen (secondary N) is 1. The van der Waals surface area contributed by atoms with E-state index in [0.29, 0.717) is 10.9 Å². The normalized spacial score (nSPS) is 12.1. The fourth-order valence-electron chi connectivity index (χ4n) is 1.96. The minimum Gasteiger partial charge on any atom is -0.358 e. The molecule has 2 aromatic heterocycles. The summed E-state index contributed by atoms with van der Waals surface area (Å²) in [4.78, 5) is 3.00. The lowest BCUT2D eigenvalue weighted by atomic mass is 10.2. The highest BCUT2D eigenvalue weighted by Crippen LogP contribution is 2.33. The molecule has 0 fully saturated rings. The molecule has 0 atom stereocenters. The van der Waals surface area contributed by atoms with Crippen LogP contribution in [0.4, 0.5) is 0 Å². The number of benzene rings is 1. The van der Waals surface area contributed by atoms with Gasteiger partial charge in [0.2, 0.25) is 0 Å². The molecule has 0 spiro atoms. The van der Waals surface area contributed by atoms with E-state index in [0.717, 1.165) is 10.2 Å². The van der Waals surface area contributed by atoms with Crippen molar-refractivity contribution < 1.29 is 8.42 Å². The molecule has 8 heteroatoms. The van der Waals surface area contributed by atoms with Crippen LogP contribution in [-0.2, 0) is 9.05 Å². The van der Waals surface area contributed by atoms with Crippen LogP contribution >= 0.6 is 26.6 Å². The maximum absolute atomic E-state index is 11.5. The van der Waals surface area contributed by atoms with E-state index in [-0.39, 0.29) is 4.90 Å². The predicted octanol–water partition coefficient (Wildman–Crippen LogP) is 3.04. The van der Waals surface area contributed by atoms with Crippen LogP contribution < -0.4 is 0 Å². The number of H-pyrrole nitrogens is 1. The summed E-state index contributed by atoms with van der Waals surface area (Å²) in [6.45, 7) is 0. The average Bonchev–Trinajstić information content (AvgIpc) is 2.94. The molecular formula is C11H7BrClN3O2S. The Morgan fingerprint density at radius 1 is 1.37 bits per heavy atom. The second-order valence-corrected chi connectivity index (χ2v) is 7.25. The fraction of sp³-hybridized carbons (Fsp3) is 0. The van der Waals surface area contributed by atoms with E-state index in [1.54, 1.807) is 35.3 Å². The first-order valence-corrected chi connectivity index (χ1v) is 8.33. The van der Waals surface area contributed by atoms with Crippen molar-refractivity contribution in [3.63, 3.8) is 0 Å². The SMILES string of the molecule is O=S(=O)(Cl)c1c[nH]c2c(-n3cccn3)c(Br)ccc12. The Labute approximate surface area is 121 Å². The van der Waals surface area contributed by atoms with Gasteiger partial charge in [-0.2, -0.15) is 5.10 Å². The van der Waals surface area contributed by atoms with Crippen molar-refractivity contribution in [2.24, 2.45) is 0 Å². The molecule has 0 unspecified atom stereocenters. The lowest BCUT2D eigenvalue weighted by molar-refractivity contribution is 0.610. The van der Waals surface area contributed by atoms with Crippen molar-refractivity contribution in [1.82, 2.24) is 14.8 Å². The number of halogens is 2. The van der Waals surface area contributed by atoms with Gasteiger partial charge in [0.15, 0.2) is 0 Å². The highest BCUT2D eigenvalue weighted by molar-refractivity contribution is 9.10. The maximum atomic E-state index is 11.5. The predicted molar refractivity (Wildman–Crippen MR) is 76.2 cm³/mol. The van der Waals surface area contributed by atoms with Crippen LogP contribution in [0.15, 0.2) is 46.2 Å². The van der Waals surface area contributed by atoms with Crippen molar-refractivity contribution in [2.45, 2.75) is 4.90 Å². The molecular weight excluding hydrogens is 354 g/mol. The van der Waals surface area contributed by atoms with Crippen molar-refractivity contribution >= 4 is 46.6 Å². The molecule has 0 saturated heterocycles. The summed E-state index contributed by atoms with van der Waals surface area (Å²) in [6, 6.07) is 5.24. The molecule has 3 aromatic rings. The Morgan fingerprint density at radius 3 is 2.79 bits per heavy atom. The molecule has 0 aliphatic heterocycles. The first-order chi connectivity index (χ1) is 8.98. The minimum absolute atomic E-state index is 0.0603. The Morgan fingerprint density at radius 2 is 2.16 bits per heavy atom. The first-order valence-electron chi connectivity index (χ1n) is 5.23. The van der Waals surface area contributed by atoms with Crippen LogP contribution in [0.2, 0.25) is 0 Å². The van der Waals surface area contributed by atoms with Crippen LogP contribution in [-0.4, -0.2) is 23.2 Å². The third kappa shape index (κ3) is 2.07. The summed E-state index contributed by atoms with van der Waals surface area (Å²) in [6.07, 6.45) is 4.80. The third-order valence-electron chi connectivity index (χ3n) is 2.74. The lowest BCUT2D eigenvalue weighted by Crippen LogP contribution is -1.97. The van der Waals surface area contributed by atoms with E-state index in [2.05, 4.69) is 26.0 Å². The van der Waals surface area contributed by atoms with Crippen LogP contribution in [0.25, 0.3) is 16.6 Å². The van der Waals surface area contributed by atoms with E-state index >= 15 is 0 Å². The molecule has 0 aliphatic rings. The molecule has 1 aromatic carbocycles. The number of nitrogens with zero attached hydrogens (tertiary/aromatic N) is 2. The quantitative estimate of drug-likeness (QED) is 0.714. The first kappa shape index (κ1) is 12.7. The average molecular weight is 361 g/mol.